The summed E-state index contributed by atoms with van der Waals surface area (Å²) < 4.78 is 0. The second-order valence-electron chi connectivity index (χ2n) is 5.14. The van der Waals surface area contributed by atoms with E-state index in [9.17, 15) is 15.0 Å². The molecule has 1 aromatic rings. The van der Waals surface area contributed by atoms with Gasteiger partial charge in [-0.2, -0.15) is 0 Å². The topological polar surface area (TPSA) is 81.6 Å². The number of phenolic OH excluding ortho intramolecular Hbond substituents is 2. The number of rotatable bonds is 3. The van der Waals surface area contributed by atoms with Gasteiger partial charge in [0.2, 0.25) is 0 Å². The van der Waals surface area contributed by atoms with E-state index in [0.717, 1.165) is 19.5 Å². The lowest BCUT2D eigenvalue weighted by Crippen LogP contribution is -2.41. The van der Waals surface area contributed by atoms with Crippen LogP contribution < -0.4 is 10.6 Å². The van der Waals surface area contributed by atoms with Gasteiger partial charge in [-0.05, 0) is 49.5 Å². The van der Waals surface area contributed by atoms with Crippen LogP contribution in [0.2, 0.25) is 0 Å². The fourth-order valence-corrected chi connectivity index (χ4v) is 2.36. The maximum absolute atomic E-state index is 11.9. The number of carbonyl (C=O) groups excluding carboxylic acids is 1. The van der Waals surface area contributed by atoms with Crippen molar-refractivity contribution in [3.05, 3.63) is 23.8 Å². The van der Waals surface area contributed by atoms with Gasteiger partial charge in [0.25, 0.3) is 5.91 Å². The lowest BCUT2D eigenvalue weighted by atomic mass is 9.88. The quantitative estimate of drug-likeness (QED) is 0.616. The third-order valence-electron chi connectivity index (χ3n) is 3.73. The Bertz CT molecular complexity index is 462. The summed E-state index contributed by atoms with van der Waals surface area (Å²) in [5.41, 5.74) is 0.358. The zero-order valence-electron chi connectivity index (χ0n) is 11.0. The Labute approximate surface area is 112 Å². The van der Waals surface area contributed by atoms with Crippen molar-refractivity contribution >= 4 is 5.91 Å². The van der Waals surface area contributed by atoms with Crippen LogP contribution in [0.5, 0.6) is 11.5 Å². The molecule has 1 aliphatic heterocycles. The number of hydrogen-bond acceptors (Lipinski definition) is 4. The summed E-state index contributed by atoms with van der Waals surface area (Å²) in [5, 5.41) is 24.8. The molecule has 1 saturated heterocycles. The molecular formula is C14H20N2O3. The third-order valence-corrected chi connectivity index (χ3v) is 3.73. The first kappa shape index (κ1) is 13.7. The molecule has 0 bridgehead atoms. The zero-order chi connectivity index (χ0) is 13.8. The summed E-state index contributed by atoms with van der Waals surface area (Å²) in [6, 6.07) is 4.09. The van der Waals surface area contributed by atoms with Gasteiger partial charge in [-0.15, -0.1) is 0 Å². The summed E-state index contributed by atoms with van der Waals surface area (Å²) in [6.45, 7) is 4.80. The number of carbonyl (C=O) groups is 1. The van der Waals surface area contributed by atoms with E-state index >= 15 is 0 Å². The van der Waals surface area contributed by atoms with Crippen molar-refractivity contribution in [2.75, 3.05) is 19.6 Å². The van der Waals surface area contributed by atoms with Gasteiger partial charge in [0.05, 0.1) is 0 Å². The van der Waals surface area contributed by atoms with E-state index in [1.165, 1.54) is 18.2 Å². The van der Waals surface area contributed by atoms with Crippen molar-refractivity contribution in [1.29, 1.82) is 0 Å². The van der Waals surface area contributed by atoms with Crippen LogP contribution >= 0.6 is 0 Å². The molecule has 2 rings (SSSR count). The van der Waals surface area contributed by atoms with Crippen LogP contribution in [0, 0.1) is 11.8 Å². The van der Waals surface area contributed by atoms with Crippen molar-refractivity contribution in [1.82, 2.24) is 10.6 Å². The standard InChI is InChI=1S/C14H20N2O3/c1-9-7-15-5-4-11(9)8-16-14(19)10-2-3-12(17)13(18)6-10/h2-3,6,9,11,15,17-18H,4-5,7-8H2,1H3,(H,16,19). The molecule has 0 aliphatic carbocycles. The molecular weight excluding hydrogens is 244 g/mol. The van der Waals surface area contributed by atoms with Crippen LogP contribution in [0.1, 0.15) is 23.7 Å². The maximum Gasteiger partial charge on any atom is 0.251 e. The van der Waals surface area contributed by atoms with E-state index in [1.54, 1.807) is 0 Å². The molecule has 1 aliphatic rings. The molecule has 1 aromatic carbocycles. The first-order chi connectivity index (χ1) is 9.08. The normalized spacial score (nSPS) is 23.0. The first-order valence-electron chi connectivity index (χ1n) is 6.59. The molecule has 0 aromatic heterocycles. The number of phenols is 2. The van der Waals surface area contributed by atoms with Gasteiger partial charge < -0.3 is 20.8 Å². The highest BCUT2D eigenvalue weighted by Crippen LogP contribution is 2.25. The number of nitrogens with one attached hydrogen (secondary N) is 2. The highest BCUT2D eigenvalue weighted by atomic mass is 16.3. The minimum absolute atomic E-state index is 0.219. The van der Waals surface area contributed by atoms with Crippen molar-refractivity contribution in [2.24, 2.45) is 11.8 Å². The van der Waals surface area contributed by atoms with Crippen molar-refractivity contribution in [3.8, 4) is 11.5 Å². The fourth-order valence-electron chi connectivity index (χ4n) is 2.36. The molecule has 2 unspecified atom stereocenters. The molecule has 1 heterocycles. The van der Waals surface area contributed by atoms with Crippen LogP contribution in [0.15, 0.2) is 18.2 Å². The van der Waals surface area contributed by atoms with E-state index in [-0.39, 0.29) is 17.4 Å². The smallest absolute Gasteiger partial charge is 0.251 e. The van der Waals surface area contributed by atoms with E-state index in [0.29, 0.717) is 23.9 Å². The Kier molecular flexibility index (Phi) is 4.27. The molecule has 4 N–H and O–H groups in total. The van der Waals surface area contributed by atoms with Gasteiger partial charge in [-0.25, -0.2) is 0 Å². The summed E-state index contributed by atoms with van der Waals surface area (Å²) in [7, 11) is 0. The average Bonchev–Trinajstić information content (AvgIpc) is 2.40. The van der Waals surface area contributed by atoms with E-state index in [2.05, 4.69) is 17.6 Å². The molecule has 19 heavy (non-hydrogen) atoms. The van der Waals surface area contributed by atoms with E-state index in [1.807, 2.05) is 0 Å². The van der Waals surface area contributed by atoms with Gasteiger partial charge in [0.15, 0.2) is 11.5 Å². The van der Waals surface area contributed by atoms with Crippen LogP contribution in [0.4, 0.5) is 0 Å². The minimum Gasteiger partial charge on any atom is -0.504 e. The monoisotopic (exact) mass is 264 g/mol. The predicted molar refractivity (Wildman–Crippen MR) is 72.2 cm³/mol. The molecule has 1 amide bonds. The SMILES string of the molecule is CC1CNCCC1CNC(=O)c1ccc(O)c(O)c1. The Morgan fingerprint density at radius 3 is 2.89 bits per heavy atom. The highest BCUT2D eigenvalue weighted by molar-refractivity contribution is 5.94. The Morgan fingerprint density at radius 2 is 2.21 bits per heavy atom. The van der Waals surface area contributed by atoms with Gasteiger partial charge in [-0.1, -0.05) is 6.92 Å². The molecule has 104 valence electrons. The second-order valence-corrected chi connectivity index (χ2v) is 5.14. The second kappa shape index (κ2) is 5.93. The lowest BCUT2D eigenvalue weighted by Gasteiger charge is -2.29. The summed E-state index contributed by atoms with van der Waals surface area (Å²) in [4.78, 5) is 11.9. The molecule has 5 heteroatoms. The maximum atomic E-state index is 11.9. The number of piperidine rings is 1. The van der Waals surface area contributed by atoms with Crippen molar-refractivity contribution in [3.63, 3.8) is 0 Å². The van der Waals surface area contributed by atoms with Crippen molar-refractivity contribution in [2.45, 2.75) is 13.3 Å². The van der Waals surface area contributed by atoms with Crippen LogP contribution in [-0.2, 0) is 0 Å². The van der Waals surface area contributed by atoms with Crippen molar-refractivity contribution < 1.29 is 15.0 Å². The third kappa shape index (κ3) is 3.38. The minimum atomic E-state index is -0.275. The number of benzene rings is 1. The fraction of sp³-hybridized carbons (Fsp3) is 0.500. The summed E-state index contributed by atoms with van der Waals surface area (Å²) in [6.07, 6.45) is 1.06. The molecule has 2 atom stereocenters. The molecule has 0 saturated carbocycles. The molecule has 0 radical (unpaired) electrons. The summed E-state index contributed by atoms with van der Waals surface area (Å²) in [5.74, 6) is 0.311. The van der Waals surface area contributed by atoms with Gasteiger partial charge >= 0.3 is 0 Å². The Hall–Kier alpha value is -1.75. The van der Waals surface area contributed by atoms with Gasteiger partial charge in [-0.3, -0.25) is 4.79 Å². The van der Waals surface area contributed by atoms with E-state index < -0.39 is 0 Å². The summed E-state index contributed by atoms with van der Waals surface area (Å²) >= 11 is 0. The number of hydrogen-bond donors (Lipinski definition) is 4. The zero-order valence-corrected chi connectivity index (χ0v) is 11.0. The van der Waals surface area contributed by atoms with Gasteiger partial charge in [0, 0.05) is 12.1 Å². The average molecular weight is 264 g/mol. The largest absolute Gasteiger partial charge is 0.504 e. The highest BCUT2D eigenvalue weighted by Gasteiger charge is 2.21. The number of aromatic hydroxyl groups is 2. The Morgan fingerprint density at radius 1 is 1.42 bits per heavy atom. The van der Waals surface area contributed by atoms with Crippen LogP contribution in [0.3, 0.4) is 0 Å². The van der Waals surface area contributed by atoms with E-state index in [4.69, 9.17) is 0 Å². The molecule has 5 nitrogen and oxygen atoms in total. The number of amides is 1. The van der Waals surface area contributed by atoms with Gasteiger partial charge in [0.1, 0.15) is 0 Å². The van der Waals surface area contributed by atoms with Crippen LogP contribution in [-0.4, -0.2) is 35.8 Å². The predicted octanol–water partition coefficient (Wildman–Crippen LogP) is 1.07. The first-order valence-corrected chi connectivity index (χ1v) is 6.59. The lowest BCUT2D eigenvalue weighted by molar-refractivity contribution is 0.0937. The molecule has 1 fully saturated rings. The Balaban J connectivity index is 1.91. The van der Waals surface area contributed by atoms with Crippen LogP contribution in [0.25, 0.3) is 0 Å². The molecule has 0 spiro atoms.